The summed E-state index contributed by atoms with van der Waals surface area (Å²) in [6.45, 7) is 3.10. The predicted octanol–water partition coefficient (Wildman–Crippen LogP) is 0.385. The molecule has 0 aromatic carbocycles. The highest BCUT2D eigenvalue weighted by Crippen LogP contribution is 2.05. The third-order valence-corrected chi connectivity index (χ3v) is 2.69. The van der Waals surface area contributed by atoms with Gasteiger partial charge in [-0.15, -0.1) is 0 Å². The maximum Gasteiger partial charge on any atom is 0.264 e. The van der Waals surface area contributed by atoms with E-state index in [1.165, 1.54) is 6.20 Å². The molecule has 0 radical (unpaired) electrons. The van der Waals surface area contributed by atoms with Crippen LogP contribution < -0.4 is 5.56 Å². The second kappa shape index (κ2) is 5.09. The summed E-state index contributed by atoms with van der Waals surface area (Å²) in [4.78, 5) is 16.3. The van der Waals surface area contributed by atoms with Gasteiger partial charge in [-0.1, -0.05) is 13.3 Å². The molecule has 0 amide bonds. The van der Waals surface area contributed by atoms with Crippen LogP contribution in [0.15, 0.2) is 17.3 Å². The highest BCUT2D eigenvalue weighted by molar-refractivity contribution is 5.72. The van der Waals surface area contributed by atoms with Gasteiger partial charge in [-0.2, -0.15) is 5.10 Å². The minimum atomic E-state index is -0.0624. The summed E-state index contributed by atoms with van der Waals surface area (Å²) in [5.41, 5.74) is 0.476. The molecule has 0 unspecified atom stereocenters. The molecule has 0 aliphatic carbocycles. The van der Waals surface area contributed by atoms with Crippen molar-refractivity contribution in [3.05, 3.63) is 22.9 Å². The molecule has 0 saturated carbocycles. The van der Waals surface area contributed by atoms with Crippen LogP contribution in [0.2, 0.25) is 0 Å². The van der Waals surface area contributed by atoms with E-state index in [1.807, 2.05) is 0 Å². The van der Waals surface area contributed by atoms with Gasteiger partial charge in [-0.3, -0.25) is 9.36 Å². The molecule has 0 spiro atoms. The van der Waals surface area contributed by atoms with E-state index < -0.39 is 0 Å². The van der Waals surface area contributed by atoms with Crippen LogP contribution in [0.3, 0.4) is 0 Å². The topological polar surface area (TPSA) is 72.9 Å². The lowest BCUT2D eigenvalue weighted by Gasteiger charge is -2.04. The Hall–Kier alpha value is -1.69. The van der Waals surface area contributed by atoms with Gasteiger partial charge in [0.05, 0.1) is 25.7 Å². The van der Waals surface area contributed by atoms with Crippen LogP contribution in [0, 0.1) is 0 Å². The van der Waals surface area contributed by atoms with E-state index in [0.717, 1.165) is 12.8 Å². The Morgan fingerprint density at radius 2 is 2.24 bits per heavy atom. The zero-order chi connectivity index (χ0) is 12.3. The van der Waals surface area contributed by atoms with E-state index in [4.69, 9.17) is 5.11 Å². The highest BCUT2D eigenvalue weighted by atomic mass is 16.3. The molecule has 6 nitrogen and oxygen atoms in total. The van der Waals surface area contributed by atoms with Gasteiger partial charge in [0.1, 0.15) is 5.39 Å². The minimum Gasteiger partial charge on any atom is -0.394 e. The summed E-state index contributed by atoms with van der Waals surface area (Å²) in [6, 6.07) is 0. The standard InChI is InChI=1S/C11H16N4O2/c1-2-3-4-14-8-12-10-9(11(14)17)7-13-15(10)5-6-16/h7-8,16H,2-6H2,1H3. The maximum absolute atomic E-state index is 12.1. The number of unbranched alkanes of at least 4 members (excludes halogenated alkanes) is 1. The van der Waals surface area contributed by atoms with Crippen LogP contribution in [0.1, 0.15) is 19.8 Å². The second-order valence-corrected chi connectivity index (χ2v) is 3.93. The summed E-state index contributed by atoms with van der Waals surface area (Å²) in [5, 5.41) is 13.4. The van der Waals surface area contributed by atoms with Gasteiger partial charge in [-0.05, 0) is 6.42 Å². The van der Waals surface area contributed by atoms with Gasteiger partial charge in [0.2, 0.25) is 0 Å². The lowest BCUT2D eigenvalue weighted by Crippen LogP contribution is -2.20. The number of aromatic nitrogens is 4. The van der Waals surface area contributed by atoms with Crippen molar-refractivity contribution in [1.29, 1.82) is 0 Å². The lowest BCUT2D eigenvalue weighted by atomic mass is 10.3. The molecular formula is C11H16N4O2. The smallest absolute Gasteiger partial charge is 0.264 e. The van der Waals surface area contributed by atoms with Gasteiger partial charge in [0.25, 0.3) is 5.56 Å². The van der Waals surface area contributed by atoms with E-state index in [9.17, 15) is 4.79 Å². The molecule has 0 saturated heterocycles. The van der Waals surface area contributed by atoms with E-state index in [1.54, 1.807) is 15.6 Å². The zero-order valence-corrected chi connectivity index (χ0v) is 9.83. The molecule has 0 aliphatic heterocycles. The molecule has 2 heterocycles. The van der Waals surface area contributed by atoms with Crippen molar-refractivity contribution in [3.8, 4) is 0 Å². The van der Waals surface area contributed by atoms with E-state index >= 15 is 0 Å². The quantitative estimate of drug-likeness (QED) is 0.814. The summed E-state index contributed by atoms with van der Waals surface area (Å²) in [7, 11) is 0. The predicted molar refractivity (Wildman–Crippen MR) is 63.8 cm³/mol. The SMILES string of the molecule is CCCCn1cnc2c(cnn2CCO)c1=O. The number of aliphatic hydroxyl groups is 1. The monoisotopic (exact) mass is 236 g/mol. The lowest BCUT2D eigenvalue weighted by molar-refractivity contribution is 0.271. The molecule has 0 fully saturated rings. The fourth-order valence-corrected chi connectivity index (χ4v) is 1.74. The van der Waals surface area contributed by atoms with Crippen molar-refractivity contribution in [3.63, 3.8) is 0 Å². The maximum atomic E-state index is 12.1. The summed E-state index contributed by atoms with van der Waals surface area (Å²) >= 11 is 0. The molecule has 0 bridgehead atoms. The molecular weight excluding hydrogens is 220 g/mol. The Balaban J connectivity index is 2.43. The van der Waals surface area contributed by atoms with Crippen LogP contribution in [0.25, 0.3) is 11.0 Å². The Morgan fingerprint density at radius 3 is 2.94 bits per heavy atom. The van der Waals surface area contributed by atoms with Crippen LogP contribution in [-0.4, -0.2) is 31.0 Å². The number of aliphatic hydroxyl groups excluding tert-OH is 1. The summed E-state index contributed by atoms with van der Waals surface area (Å²) < 4.78 is 3.15. The van der Waals surface area contributed by atoms with Crippen molar-refractivity contribution in [1.82, 2.24) is 19.3 Å². The average molecular weight is 236 g/mol. The fraction of sp³-hybridized carbons (Fsp3) is 0.545. The first-order chi connectivity index (χ1) is 8.27. The van der Waals surface area contributed by atoms with Crippen molar-refractivity contribution in [2.24, 2.45) is 0 Å². The Kier molecular flexibility index (Phi) is 3.53. The van der Waals surface area contributed by atoms with E-state index in [-0.39, 0.29) is 12.2 Å². The Bertz CT molecular complexity index is 558. The van der Waals surface area contributed by atoms with Crippen molar-refractivity contribution < 1.29 is 5.11 Å². The van der Waals surface area contributed by atoms with Gasteiger partial charge in [0, 0.05) is 6.54 Å². The van der Waals surface area contributed by atoms with Crippen molar-refractivity contribution >= 4 is 11.0 Å². The first kappa shape index (κ1) is 11.8. The number of rotatable bonds is 5. The molecule has 2 rings (SSSR count). The molecule has 17 heavy (non-hydrogen) atoms. The number of fused-ring (bicyclic) bond motifs is 1. The molecule has 0 aliphatic rings. The first-order valence-corrected chi connectivity index (χ1v) is 5.79. The fourth-order valence-electron chi connectivity index (χ4n) is 1.74. The Morgan fingerprint density at radius 1 is 1.41 bits per heavy atom. The largest absolute Gasteiger partial charge is 0.394 e. The molecule has 2 aromatic rings. The minimum absolute atomic E-state index is 0.0165. The van der Waals surface area contributed by atoms with E-state index in [0.29, 0.717) is 24.1 Å². The van der Waals surface area contributed by atoms with Crippen LogP contribution in [-0.2, 0) is 13.1 Å². The first-order valence-electron chi connectivity index (χ1n) is 5.79. The number of hydrogen-bond acceptors (Lipinski definition) is 4. The molecule has 0 atom stereocenters. The molecule has 92 valence electrons. The number of aryl methyl sites for hydroxylation is 1. The van der Waals surface area contributed by atoms with Gasteiger partial charge in [0.15, 0.2) is 5.65 Å². The third kappa shape index (κ3) is 2.21. The zero-order valence-electron chi connectivity index (χ0n) is 9.83. The normalized spacial score (nSPS) is 11.2. The van der Waals surface area contributed by atoms with Crippen molar-refractivity contribution in [2.45, 2.75) is 32.9 Å². The molecule has 2 aromatic heterocycles. The van der Waals surface area contributed by atoms with Crippen LogP contribution in [0.5, 0.6) is 0 Å². The van der Waals surface area contributed by atoms with Gasteiger partial charge < -0.3 is 5.11 Å². The Labute approximate surface area is 98.5 Å². The van der Waals surface area contributed by atoms with Crippen LogP contribution in [0.4, 0.5) is 0 Å². The highest BCUT2D eigenvalue weighted by Gasteiger charge is 2.09. The second-order valence-electron chi connectivity index (χ2n) is 3.93. The van der Waals surface area contributed by atoms with Crippen LogP contribution >= 0.6 is 0 Å². The van der Waals surface area contributed by atoms with Crippen molar-refractivity contribution in [2.75, 3.05) is 6.61 Å². The summed E-state index contributed by atoms with van der Waals surface area (Å²) in [5.74, 6) is 0. The number of hydrogen-bond donors (Lipinski definition) is 1. The molecule has 1 N–H and O–H groups in total. The third-order valence-electron chi connectivity index (χ3n) is 2.69. The van der Waals surface area contributed by atoms with Gasteiger partial charge in [-0.25, -0.2) is 9.67 Å². The van der Waals surface area contributed by atoms with E-state index in [2.05, 4.69) is 17.0 Å². The van der Waals surface area contributed by atoms with Gasteiger partial charge >= 0.3 is 0 Å². The summed E-state index contributed by atoms with van der Waals surface area (Å²) in [6.07, 6.45) is 5.06. The number of nitrogens with zero attached hydrogens (tertiary/aromatic N) is 4. The average Bonchev–Trinajstić information content (AvgIpc) is 2.73. The molecule has 6 heteroatoms.